The van der Waals surface area contributed by atoms with E-state index < -0.39 is 0 Å². The first-order valence-corrected chi connectivity index (χ1v) is 6.61. The van der Waals surface area contributed by atoms with Crippen molar-refractivity contribution < 1.29 is 0 Å². The number of allylic oxidation sites excluding steroid dienone is 3. The van der Waals surface area contributed by atoms with Gasteiger partial charge in [-0.15, -0.1) is 0 Å². The third-order valence-electron chi connectivity index (χ3n) is 3.85. The average molecular weight is 233 g/mol. The fourth-order valence-electron chi connectivity index (χ4n) is 2.06. The van der Waals surface area contributed by atoms with Crippen LogP contribution in [0.5, 0.6) is 0 Å². The topological polar surface area (TPSA) is 12.0 Å². The lowest BCUT2D eigenvalue weighted by Crippen LogP contribution is -2.45. The Labute approximate surface area is 107 Å². The van der Waals surface area contributed by atoms with E-state index in [0.29, 0.717) is 11.8 Å². The van der Waals surface area contributed by atoms with Gasteiger partial charge in [-0.3, -0.25) is 0 Å². The van der Waals surface area contributed by atoms with Crippen LogP contribution < -0.4 is 5.32 Å². The third kappa shape index (κ3) is 3.24. The van der Waals surface area contributed by atoms with Gasteiger partial charge in [0.05, 0.1) is 5.54 Å². The molecule has 1 aliphatic carbocycles. The van der Waals surface area contributed by atoms with Crippen LogP contribution in [0.1, 0.15) is 48.0 Å². The van der Waals surface area contributed by atoms with Crippen molar-refractivity contribution in [2.75, 3.05) is 0 Å². The van der Waals surface area contributed by atoms with E-state index in [1.165, 1.54) is 11.1 Å². The van der Waals surface area contributed by atoms with Gasteiger partial charge in [-0.1, -0.05) is 52.0 Å². The van der Waals surface area contributed by atoms with E-state index in [2.05, 4.69) is 65.6 Å². The highest BCUT2D eigenvalue weighted by atomic mass is 15.0. The summed E-state index contributed by atoms with van der Waals surface area (Å²) in [6, 6.07) is 0. The van der Waals surface area contributed by atoms with Gasteiger partial charge in [-0.2, -0.15) is 0 Å². The molecule has 0 amide bonds. The second-order valence-corrected chi connectivity index (χ2v) is 6.06. The molecule has 0 aromatic carbocycles. The average Bonchev–Trinajstić information content (AvgIpc) is 2.21. The van der Waals surface area contributed by atoms with Crippen molar-refractivity contribution in [3.63, 3.8) is 0 Å². The minimum Gasteiger partial charge on any atom is -0.379 e. The van der Waals surface area contributed by atoms with Crippen LogP contribution in [-0.2, 0) is 0 Å². The monoisotopic (exact) mass is 233 g/mol. The lowest BCUT2D eigenvalue weighted by molar-refractivity contribution is 0.411. The molecule has 0 fully saturated rings. The van der Waals surface area contributed by atoms with Gasteiger partial charge in [0.2, 0.25) is 0 Å². The van der Waals surface area contributed by atoms with Crippen molar-refractivity contribution >= 4 is 0 Å². The lowest BCUT2D eigenvalue weighted by atomic mass is 9.78. The first kappa shape index (κ1) is 14.1. The Morgan fingerprint density at radius 3 is 2.35 bits per heavy atom. The Hall–Kier alpha value is -0.980. The summed E-state index contributed by atoms with van der Waals surface area (Å²) in [6.07, 6.45) is 5.61. The van der Waals surface area contributed by atoms with Gasteiger partial charge in [0, 0.05) is 5.70 Å². The summed E-state index contributed by atoms with van der Waals surface area (Å²) in [6.45, 7) is 17.5. The fraction of sp³-hybridized carbons (Fsp3) is 0.625. The van der Waals surface area contributed by atoms with Crippen LogP contribution in [0.25, 0.3) is 0 Å². The molecule has 1 nitrogen and oxygen atoms in total. The summed E-state index contributed by atoms with van der Waals surface area (Å²) in [7, 11) is 0. The van der Waals surface area contributed by atoms with Crippen LogP contribution in [0.2, 0.25) is 0 Å². The summed E-state index contributed by atoms with van der Waals surface area (Å²) < 4.78 is 0. The van der Waals surface area contributed by atoms with Crippen LogP contribution in [0.15, 0.2) is 35.6 Å². The highest BCUT2D eigenvalue weighted by molar-refractivity contribution is 5.34. The van der Waals surface area contributed by atoms with Gasteiger partial charge in [0.25, 0.3) is 0 Å². The van der Waals surface area contributed by atoms with Gasteiger partial charge < -0.3 is 5.32 Å². The summed E-state index contributed by atoms with van der Waals surface area (Å²) >= 11 is 0. The molecule has 0 heterocycles. The van der Waals surface area contributed by atoms with E-state index in [0.717, 1.165) is 12.1 Å². The molecule has 0 aromatic rings. The Morgan fingerprint density at radius 2 is 1.88 bits per heavy atom. The smallest absolute Gasteiger partial charge is 0.0591 e. The molecule has 1 aliphatic rings. The molecule has 0 aromatic heterocycles. The van der Waals surface area contributed by atoms with Crippen molar-refractivity contribution in [1.82, 2.24) is 5.32 Å². The van der Waals surface area contributed by atoms with Crippen molar-refractivity contribution in [2.24, 2.45) is 11.8 Å². The zero-order chi connectivity index (χ0) is 13.2. The lowest BCUT2D eigenvalue weighted by Gasteiger charge is -2.38. The predicted octanol–water partition coefficient (Wildman–Crippen LogP) is 4.44. The van der Waals surface area contributed by atoms with E-state index in [-0.39, 0.29) is 5.54 Å². The summed E-state index contributed by atoms with van der Waals surface area (Å²) in [5.74, 6) is 1.10. The molecule has 1 N–H and O–H groups in total. The minimum atomic E-state index is 0.0374. The first-order valence-electron chi connectivity index (χ1n) is 6.61. The van der Waals surface area contributed by atoms with E-state index in [9.17, 15) is 0 Å². The summed E-state index contributed by atoms with van der Waals surface area (Å²) in [5.41, 5.74) is 4.08. The zero-order valence-corrected chi connectivity index (χ0v) is 12.2. The van der Waals surface area contributed by atoms with Gasteiger partial charge in [-0.05, 0) is 37.7 Å². The van der Waals surface area contributed by atoms with E-state index >= 15 is 0 Å². The molecule has 0 saturated heterocycles. The van der Waals surface area contributed by atoms with Crippen LogP contribution in [0.3, 0.4) is 0 Å². The maximum absolute atomic E-state index is 4.14. The number of rotatable bonds is 4. The van der Waals surface area contributed by atoms with Crippen LogP contribution in [0.4, 0.5) is 0 Å². The Kier molecular flexibility index (Phi) is 4.24. The second kappa shape index (κ2) is 5.12. The highest BCUT2D eigenvalue weighted by Crippen LogP contribution is 2.33. The summed E-state index contributed by atoms with van der Waals surface area (Å²) in [5, 5.41) is 3.63. The minimum absolute atomic E-state index is 0.0374. The first-order chi connectivity index (χ1) is 7.76. The van der Waals surface area contributed by atoms with Crippen molar-refractivity contribution in [1.29, 1.82) is 0 Å². The predicted molar refractivity (Wildman–Crippen MR) is 76.8 cm³/mol. The SMILES string of the molecule is C=C(NC1(C)CC(C(C)C)=CC=C1C)C(C)C. The van der Waals surface area contributed by atoms with Gasteiger partial charge in [0.15, 0.2) is 0 Å². The van der Waals surface area contributed by atoms with Gasteiger partial charge in [-0.25, -0.2) is 0 Å². The normalized spacial score (nSPS) is 24.7. The third-order valence-corrected chi connectivity index (χ3v) is 3.85. The quantitative estimate of drug-likeness (QED) is 0.757. The molecule has 0 spiro atoms. The van der Waals surface area contributed by atoms with Crippen molar-refractivity contribution in [3.05, 3.63) is 35.6 Å². The van der Waals surface area contributed by atoms with Crippen LogP contribution in [0, 0.1) is 11.8 Å². The zero-order valence-electron chi connectivity index (χ0n) is 12.2. The number of hydrogen-bond donors (Lipinski definition) is 1. The molecule has 0 saturated carbocycles. The standard InChI is InChI=1S/C16H27N/c1-11(2)14(6)17-16(7)10-15(12(3)4)9-8-13(16)5/h8-9,11-12,17H,6,10H2,1-5,7H3. The molecule has 0 radical (unpaired) electrons. The van der Waals surface area contributed by atoms with Crippen molar-refractivity contribution in [3.8, 4) is 0 Å². The maximum atomic E-state index is 4.14. The molecule has 17 heavy (non-hydrogen) atoms. The number of hydrogen-bond acceptors (Lipinski definition) is 1. The van der Waals surface area contributed by atoms with Crippen molar-refractivity contribution in [2.45, 2.75) is 53.5 Å². The molecule has 0 aliphatic heterocycles. The molecule has 1 atom stereocenters. The molecular weight excluding hydrogens is 206 g/mol. The molecular formula is C16H27N. The molecule has 0 bridgehead atoms. The maximum Gasteiger partial charge on any atom is 0.0591 e. The summed E-state index contributed by atoms with van der Waals surface area (Å²) in [4.78, 5) is 0. The highest BCUT2D eigenvalue weighted by Gasteiger charge is 2.30. The van der Waals surface area contributed by atoms with E-state index in [4.69, 9.17) is 0 Å². The van der Waals surface area contributed by atoms with Gasteiger partial charge in [0.1, 0.15) is 0 Å². The fourth-order valence-corrected chi connectivity index (χ4v) is 2.06. The Balaban J connectivity index is 2.87. The van der Waals surface area contributed by atoms with Crippen LogP contribution >= 0.6 is 0 Å². The van der Waals surface area contributed by atoms with E-state index in [1.54, 1.807) is 0 Å². The second-order valence-electron chi connectivity index (χ2n) is 6.06. The van der Waals surface area contributed by atoms with Crippen LogP contribution in [-0.4, -0.2) is 5.54 Å². The molecule has 1 unspecified atom stereocenters. The number of nitrogens with one attached hydrogen (secondary N) is 1. The van der Waals surface area contributed by atoms with E-state index in [1.807, 2.05) is 0 Å². The molecule has 1 heteroatoms. The van der Waals surface area contributed by atoms with Gasteiger partial charge >= 0.3 is 0 Å². The molecule has 96 valence electrons. The molecule has 1 rings (SSSR count). The Morgan fingerprint density at radius 1 is 1.29 bits per heavy atom. The Bertz CT molecular complexity index is 354. The largest absolute Gasteiger partial charge is 0.379 e.